The summed E-state index contributed by atoms with van der Waals surface area (Å²) in [4.78, 5) is 38.2. The zero-order chi connectivity index (χ0) is 52.9. The number of ether oxygens (including phenoxy) is 3. The molecule has 0 aromatic carbocycles. The van der Waals surface area contributed by atoms with Crippen molar-refractivity contribution >= 4 is 17.9 Å². The van der Waals surface area contributed by atoms with Gasteiger partial charge in [0.05, 0.1) is 0 Å². The lowest BCUT2D eigenvalue weighted by molar-refractivity contribution is -0.166. The Labute approximate surface area is 451 Å². The molecule has 1 unspecified atom stereocenters. The lowest BCUT2D eigenvalue weighted by Gasteiger charge is -2.18. The fourth-order valence-electron chi connectivity index (χ4n) is 8.50. The van der Waals surface area contributed by atoms with Gasteiger partial charge in [0.25, 0.3) is 0 Å². The van der Waals surface area contributed by atoms with E-state index in [9.17, 15) is 14.4 Å². The summed E-state index contributed by atoms with van der Waals surface area (Å²) in [5, 5.41) is 0. The van der Waals surface area contributed by atoms with Crippen molar-refractivity contribution in [1.29, 1.82) is 0 Å². The molecule has 0 aliphatic rings. The Kier molecular flexibility index (Phi) is 57.8. The predicted molar refractivity (Wildman–Crippen MR) is 316 cm³/mol. The summed E-state index contributed by atoms with van der Waals surface area (Å²) in [5.41, 5.74) is 0. The Morgan fingerprint density at radius 2 is 0.562 bits per heavy atom. The molecule has 73 heavy (non-hydrogen) atoms. The number of hydrogen-bond acceptors (Lipinski definition) is 6. The van der Waals surface area contributed by atoms with E-state index in [4.69, 9.17) is 14.2 Å². The van der Waals surface area contributed by atoms with Gasteiger partial charge >= 0.3 is 17.9 Å². The first-order chi connectivity index (χ1) is 36.0. The third kappa shape index (κ3) is 59.1. The minimum Gasteiger partial charge on any atom is -0.462 e. The number of rotatable bonds is 55. The van der Waals surface area contributed by atoms with Gasteiger partial charge in [-0.3, -0.25) is 14.4 Å². The lowest BCUT2D eigenvalue weighted by atomic mass is 10.0. The molecule has 0 fully saturated rings. The number of hydrogen-bond donors (Lipinski definition) is 0. The van der Waals surface area contributed by atoms with Crippen LogP contribution < -0.4 is 0 Å². The summed E-state index contributed by atoms with van der Waals surface area (Å²) in [6.45, 7) is 6.46. The van der Waals surface area contributed by atoms with Crippen molar-refractivity contribution in [1.82, 2.24) is 0 Å². The fraction of sp³-hybridized carbons (Fsp3) is 0.716. The highest BCUT2D eigenvalue weighted by Gasteiger charge is 2.19. The molecule has 0 saturated carbocycles. The Hall–Kier alpha value is -3.67. The molecule has 0 saturated heterocycles. The molecule has 6 nitrogen and oxygen atoms in total. The Morgan fingerprint density at radius 1 is 0.288 bits per heavy atom. The van der Waals surface area contributed by atoms with Crippen LogP contribution >= 0.6 is 0 Å². The number of unbranched alkanes of at least 4 members (excludes halogenated alkanes) is 28. The molecule has 0 aromatic heterocycles. The second kappa shape index (κ2) is 60.9. The molecular formula is C67H114O6. The summed E-state index contributed by atoms with van der Waals surface area (Å²) < 4.78 is 16.8. The van der Waals surface area contributed by atoms with Crippen LogP contribution in [0.1, 0.15) is 290 Å². The van der Waals surface area contributed by atoms with Crippen LogP contribution in [0.4, 0.5) is 0 Å². The summed E-state index contributed by atoms with van der Waals surface area (Å²) in [5.74, 6) is -0.988. The standard InChI is InChI=1S/C67H114O6/c1-4-7-10-13-16-19-22-25-28-31-33-36-39-42-45-48-51-54-57-60-66(69)72-63-64(62-71-65(68)59-56-53-50-47-44-41-38-35-30-27-24-21-18-15-12-9-6-3)73-67(70)61-58-55-52-49-46-43-40-37-34-32-29-26-23-20-17-14-11-8-5-2/h7,10,16,18-19,21,25,27-28,30,33,36,42,45,51,54,64H,4-6,8-9,11-15,17,20,22-24,26,29,31-32,34-35,37-41,43-44,46-50,52-53,55-63H2,1-3H3/b10-7-,19-16-,21-18-,28-25-,30-27-,36-33-,45-42-,54-51-. The number of carbonyl (C=O) groups excluding carboxylic acids is 3. The molecule has 0 spiro atoms. The van der Waals surface area contributed by atoms with Gasteiger partial charge in [-0.1, -0.05) is 279 Å². The minimum absolute atomic E-state index is 0.103. The van der Waals surface area contributed by atoms with E-state index in [2.05, 4.69) is 112 Å². The first-order valence-corrected chi connectivity index (χ1v) is 30.7. The van der Waals surface area contributed by atoms with Crippen molar-refractivity contribution in [3.05, 3.63) is 97.2 Å². The van der Waals surface area contributed by atoms with Crippen molar-refractivity contribution in [2.45, 2.75) is 297 Å². The maximum atomic E-state index is 12.9. The van der Waals surface area contributed by atoms with Crippen LogP contribution in [0.5, 0.6) is 0 Å². The van der Waals surface area contributed by atoms with Crippen LogP contribution in [0, 0.1) is 0 Å². The molecule has 0 radical (unpaired) electrons. The molecule has 0 aromatic rings. The number of carbonyl (C=O) groups is 3. The predicted octanol–water partition coefficient (Wildman–Crippen LogP) is 20.9. The van der Waals surface area contributed by atoms with Gasteiger partial charge in [0, 0.05) is 19.3 Å². The van der Waals surface area contributed by atoms with Crippen molar-refractivity contribution < 1.29 is 28.6 Å². The molecule has 0 amide bonds. The van der Waals surface area contributed by atoms with E-state index in [1.54, 1.807) is 0 Å². The molecular weight excluding hydrogens is 901 g/mol. The van der Waals surface area contributed by atoms with Gasteiger partial charge in [-0.15, -0.1) is 0 Å². The van der Waals surface area contributed by atoms with Gasteiger partial charge in [-0.2, -0.15) is 0 Å². The van der Waals surface area contributed by atoms with Crippen LogP contribution in [-0.4, -0.2) is 37.2 Å². The number of esters is 3. The highest BCUT2D eigenvalue weighted by molar-refractivity contribution is 5.71. The average Bonchev–Trinajstić information content (AvgIpc) is 3.39. The maximum Gasteiger partial charge on any atom is 0.306 e. The second-order valence-electron chi connectivity index (χ2n) is 20.2. The molecule has 1 atom stereocenters. The summed E-state index contributed by atoms with van der Waals surface area (Å²) in [6, 6.07) is 0. The highest BCUT2D eigenvalue weighted by Crippen LogP contribution is 2.16. The van der Waals surface area contributed by atoms with Crippen molar-refractivity contribution in [3.63, 3.8) is 0 Å². The Bertz CT molecular complexity index is 1440. The lowest BCUT2D eigenvalue weighted by Crippen LogP contribution is -2.30. The molecule has 0 aliphatic heterocycles. The normalized spacial score (nSPS) is 12.8. The molecule has 0 aliphatic carbocycles. The third-order valence-corrected chi connectivity index (χ3v) is 13.1. The van der Waals surface area contributed by atoms with E-state index in [-0.39, 0.29) is 37.5 Å². The largest absolute Gasteiger partial charge is 0.462 e. The van der Waals surface area contributed by atoms with Crippen LogP contribution in [0.3, 0.4) is 0 Å². The van der Waals surface area contributed by atoms with E-state index < -0.39 is 6.10 Å². The van der Waals surface area contributed by atoms with E-state index in [0.717, 1.165) is 89.9 Å². The molecule has 0 heterocycles. The van der Waals surface area contributed by atoms with E-state index >= 15 is 0 Å². The van der Waals surface area contributed by atoms with Gasteiger partial charge < -0.3 is 14.2 Å². The fourth-order valence-corrected chi connectivity index (χ4v) is 8.50. The van der Waals surface area contributed by atoms with E-state index in [0.29, 0.717) is 19.3 Å². The molecule has 0 bridgehead atoms. The quantitative estimate of drug-likeness (QED) is 0.0261. The van der Waals surface area contributed by atoms with E-state index in [1.165, 1.54) is 154 Å². The van der Waals surface area contributed by atoms with Gasteiger partial charge in [-0.25, -0.2) is 0 Å². The SMILES string of the molecule is CC/C=C\C/C=C\C/C=C\C/C=C\C/C=C\C/C=C\CCC(=O)OCC(COC(=O)CCCCCCCCC/C=C\C/C=C\CCCCC)OC(=O)CCCCCCCCCCCCCCCCCCCCC. The zero-order valence-corrected chi connectivity index (χ0v) is 47.9. The van der Waals surface area contributed by atoms with Crippen LogP contribution in [0.15, 0.2) is 97.2 Å². The second-order valence-corrected chi connectivity index (χ2v) is 20.2. The average molecular weight is 1020 g/mol. The minimum atomic E-state index is -0.812. The smallest absolute Gasteiger partial charge is 0.306 e. The molecule has 0 N–H and O–H groups in total. The first kappa shape index (κ1) is 69.3. The third-order valence-electron chi connectivity index (χ3n) is 13.1. The Balaban J connectivity index is 4.48. The van der Waals surface area contributed by atoms with Gasteiger partial charge in [-0.05, 0) is 89.9 Å². The van der Waals surface area contributed by atoms with Crippen LogP contribution in [0.2, 0.25) is 0 Å². The summed E-state index contributed by atoms with van der Waals surface area (Å²) >= 11 is 0. The molecule has 418 valence electrons. The van der Waals surface area contributed by atoms with Gasteiger partial charge in [0.15, 0.2) is 6.10 Å². The van der Waals surface area contributed by atoms with Crippen molar-refractivity contribution in [3.8, 4) is 0 Å². The molecule has 6 heteroatoms. The van der Waals surface area contributed by atoms with Crippen LogP contribution in [-0.2, 0) is 28.6 Å². The van der Waals surface area contributed by atoms with E-state index in [1.807, 2.05) is 6.08 Å². The van der Waals surface area contributed by atoms with Crippen LogP contribution in [0.25, 0.3) is 0 Å². The molecule has 0 rings (SSSR count). The van der Waals surface area contributed by atoms with Gasteiger partial charge in [0.2, 0.25) is 0 Å². The topological polar surface area (TPSA) is 78.9 Å². The maximum absolute atomic E-state index is 12.9. The highest BCUT2D eigenvalue weighted by atomic mass is 16.6. The van der Waals surface area contributed by atoms with Gasteiger partial charge in [0.1, 0.15) is 13.2 Å². The zero-order valence-electron chi connectivity index (χ0n) is 47.9. The number of allylic oxidation sites excluding steroid dienone is 16. The Morgan fingerprint density at radius 3 is 0.945 bits per heavy atom. The van der Waals surface area contributed by atoms with Crippen molar-refractivity contribution in [2.75, 3.05) is 13.2 Å². The first-order valence-electron chi connectivity index (χ1n) is 30.7. The monoisotopic (exact) mass is 1010 g/mol. The summed E-state index contributed by atoms with van der Waals surface area (Å²) in [6.07, 6.45) is 81.3. The summed E-state index contributed by atoms with van der Waals surface area (Å²) in [7, 11) is 0. The van der Waals surface area contributed by atoms with Crippen molar-refractivity contribution in [2.24, 2.45) is 0 Å².